The zero-order chi connectivity index (χ0) is 15.2. The molecule has 1 heterocycles. The van der Waals surface area contributed by atoms with E-state index < -0.39 is 6.10 Å². The monoisotopic (exact) mass is 324 g/mol. The lowest BCUT2D eigenvalue weighted by Gasteiger charge is -2.12. The number of carbonyl (C=O) groups excluding carboxylic acids is 1. The minimum atomic E-state index is -0.675. The maximum atomic E-state index is 11.7. The largest absolute Gasteiger partial charge is 0.386 e. The second kappa shape index (κ2) is 7.45. The molecule has 3 N–H and O–H groups in total. The van der Waals surface area contributed by atoms with Crippen LogP contribution in [0.1, 0.15) is 22.1 Å². The molecule has 0 fully saturated rings. The molecule has 2 aromatic rings. The highest BCUT2D eigenvalue weighted by molar-refractivity contribution is 7.10. The summed E-state index contributed by atoms with van der Waals surface area (Å²) in [5, 5.41) is 18.0. The maximum absolute atomic E-state index is 11.7. The van der Waals surface area contributed by atoms with Gasteiger partial charge in [-0.05, 0) is 41.6 Å². The van der Waals surface area contributed by atoms with Crippen molar-refractivity contribution < 1.29 is 9.90 Å². The first-order chi connectivity index (χ1) is 10.1. The second-order valence-electron chi connectivity index (χ2n) is 4.67. The summed E-state index contributed by atoms with van der Waals surface area (Å²) >= 11 is 7.28. The summed E-state index contributed by atoms with van der Waals surface area (Å²) < 4.78 is 0. The summed E-state index contributed by atoms with van der Waals surface area (Å²) in [6.45, 7) is 2.54. The number of carbonyl (C=O) groups is 1. The van der Waals surface area contributed by atoms with Crippen molar-refractivity contribution in [2.45, 2.75) is 19.6 Å². The quantitative estimate of drug-likeness (QED) is 0.790. The van der Waals surface area contributed by atoms with Gasteiger partial charge in [0, 0.05) is 16.4 Å². The molecule has 0 aliphatic heterocycles. The molecule has 21 heavy (non-hydrogen) atoms. The van der Waals surface area contributed by atoms with E-state index >= 15 is 0 Å². The summed E-state index contributed by atoms with van der Waals surface area (Å²) in [5.74, 6) is 0. The van der Waals surface area contributed by atoms with E-state index in [1.165, 1.54) is 11.3 Å². The number of nitrogens with one attached hydrogen (secondary N) is 2. The van der Waals surface area contributed by atoms with Gasteiger partial charge in [-0.25, -0.2) is 4.79 Å². The van der Waals surface area contributed by atoms with E-state index in [0.29, 0.717) is 11.6 Å². The minimum absolute atomic E-state index is 0.188. The van der Waals surface area contributed by atoms with E-state index in [4.69, 9.17) is 11.6 Å². The average molecular weight is 325 g/mol. The molecule has 0 aliphatic carbocycles. The summed E-state index contributed by atoms with van der Waals surface area (Å²) in [5.41, 5.74) is 2.00. The van der Waals surface area contributed by atoms with Crippen LogP contribution in [0.4, 0.5) is 4.79 Å². The predicted molar refractivity (Wildman–Crippen MR) is 85.7 cm³/mol. The van der Waals surface area contributed by atoms with Crippen LogP contribution in [0.3, 0.4) is 0 Å². The number of amides is 2. The lowest BCUT2D eigenvalue weighted by atomic mass is 10.2. The molecule has 2 rings (SSSR count). The maximum Gasteiger partial charge on any atom is 0.315 e. The van der Waals surface area contributed by atoms with Crippen molar-refractivity contribution in [3.8, 4) is 0 Å². The Morgan fingerprint density at radius 1 is 1.29 bits per heavy atom. The second-order valence-corrected chi connectivity index (χ2v) is 6.06. The topological polar surface area (TPSA) is 61.4 Å². The molecule has 4 nitrogen and oxygen atoms in total. The number of hydrogen-bond donors (Lipinski definition) is 3. The van der Waals surface area contributed by atoms with Crippen molar-refractivity contribution in [1.29, 1.82) is 0 Å². The highest BCUT2D eigenvalue weighted by Gasteiger charge is 2.12. The molecular formula is C15H17ClN2O2S. The zero-order valence-electron chi connectivity index (χ0n) is 11.6. The number of aryl methyl sites for hydroxylation is 1. The van der Waals surface area contributed by atoms with Crippen molar-refractivity contribution in [2.24, 2.45) is 0 Å². The van der Waals surface area contributed by atoms with Crippen molar-refractivity contribution in [1.82, 2.24) is 10.6 Å². The first-order valence-corrected chi connectivity index (χ1v) is 7.80. The summed E-state index contributed by atoms with van der Waals surface area (Å²) in [7, 11) is 0. The van der Waals surface area contributed by atoms with E-state index in [0.717, 1.165) is 16.0 Å². The van der Waals surface area contributed by atoms with E-state index in [1.807, 2.05) is 30.5 Å². The fourth-order valence-electron chi connectivity index (χ4n) is 1.85. The molecule has 1 unspecified atom stereocenters. The molecule has 2 amide bonds. The average Bonchev–Trinajstić information content (AvgIpc) is 2.90. The van der Waals surface area contributed by atoms with Gasteiger partial charge in [-0.2, -0.15) is 0 Å². The van der Waals surface area contributed by atoms with Crippen LogP contribution in [0.5, 0.6) is 0 Å². The van der Waals surface area contributed by atoms with E-state index in [1.54, 1.807) is 12.1 Å². The summed E-state index contributed by atoms with van der Waals surface area (Å²) in [4.78, 5) is 12.6. The summed E-state index contributed by atoms with van der Waals surface area (Å²) in [6, 6.07) is 8.90. The fraction of sp³-hybridized carbons (Fsp3) is 0.267. The number of benzene rings is 1. The van der Waals surface area contributed by atoms with Crippen LogP contribution in [0.2, 0.25) is 5.02 Å². The Bertz CT molecular complexity index is 598. The third-order valence-electron chi connectivity index (χ3n) is 3.03. The molecular weight excluding hydrogens is 308 g/mol. The van der Waals surface area contributed by atoms with Gasteiger partial charge in [0.05, 0.1) is 6.54 Å². The first-order valence-electron chi connectivity index (χ1n) is 6.54. The molecule has 0 saturated carbocycles. The van der Waals surface area contributed by atoms with E-state index in [2.05, 4.69) is 10.6 Å². The van der Waals surface area contributed by atoms with Crippen LogP contribution in [-0.2, 0) is 6.54 Å². The zero-order valence-corrected chi connectivity index (χ0v) is 13.2. The molecule has 0 bridgehead atoms. The van der Waals surface area contributed by atoms with Gasteiger partial charge in [-0.3, -0.25) is 0 Å². The Morgan fingerprint density at radius 2 is 2.00 bits per heavy atom. The highest BCUT2D eigenvalue weighted by Crippen LogP contribution is 2.22. The minimum Gasteiger partial charge on any atom is -0.386 e. The Kier molecular flexibility index (Phi) is 5.61. The molecule has 0 radical (unpaired) electrons. The van der Waals surface area contributed by atoms with Crippen molar-refractivity contribution >= 4 is 29.0 Å². The third-order valence-corrected chi connectivity index (χ3v) is 4.40. The van der Waals surface area contributed by atoms with E-state index in [-0.39, 0.29) is 12.6 Å². The number of rotatable bonds is 5. The van der Waals surface area contributed by atoms with Crippen LogP contribution in [-0.4, -0.2) is 17.7 Å². The van der Waals surface area contributed by atoms with Gasteiger partial charge in [-0.15, -0.1) is 11.3 Å². The van der Waals surface area contributed by atoms with Gasteiger partial charge >= 0.3 is 6.03 Å². The fourth-order valence-corrected chi connectivity index (χ4v) is 2.89. The van der Waals surface area contributed by atoms with Crippen molar-refractivity contribution in [2.75, 3.05) is 6.54 Å². The summed E-state index contributed by atoms with van der Waals surface area (Å²) in [6.07, 6.45) is -0.675. The third kappa shape index (κ3) is 4.74. The highest BCUT2D eigenvalue weighted by atomic mass is 35.5. The Morgan fingerprint density at radius 3 is 2.62 bits per heavy atom. The number of halogens is 1. The Labute approximate surface area is 132 Å². The lowest BCUT2D eigenvalue weighted by molar-refractivity contribution is 0.176. The standard InChI is InChI=1S/C15H17ClN2O2S/c1-10-6-7-21-14(10)13(19)9-18-15(20)17-8-11-2-4-12(16)5-3-11/h2-7,13,19H,8-9H2,1H3,(H2,17,18,20). The number of hydrogen-bond acceptors (Lipinski definition) is 3. The molecule has 0 aliphatic rings. The lowest BCUT2D eigenvalue weighted by Crippen LogP contribution is -2.37. The van der Waals surface area contributed by atoms with Crippen molar-refractivity contribution in [3.63, 3.8) is 0 Å². The normalized spacial score (nSPS) is 12.0. The Balaban J connectivity index is 1.75. The SMILES string of the molecule is Cc1ccsc1C(O)CNC(=O)NCc1ccc(Cl)cc1. The number of aliphatic hydroxyl groups excluding tert-OH is 1. The Hall–Kier alpha value is -1.56. The van der Waals surface area contributed by atoms with Crippen LogP contribution in [0, 0.1) is 6.92 Å². The number of aliphatic hydroxyl groups is 1. The van der Waals surface area contributed by atoms with Gasteiger partial charge in [0.1, 0.15) is 6.10 Å². The smallest absolute Gasteiger partial charge is 0.315 e. The molecule has 1 aromatic carbocycles. The van der Waals surface area contributed by atoms with Gasteiger partial charge in [0.15, 0.2) is 0 Å². The molecule has 1 atom stereocenters. The van der Waals surface area contributed by atoms with Gasteiger partial charge in [0.2, 0.25) is 0 Å². The molecule has 0 saturated heterocycles. The number of thiophene rings is 1. The van der Waals surface area contributed by atoms with Gasteiger partial charge in [-0.1, -0.05) is 23.7 Å². The first kappa shape index (κ1) is 15.8. The van der Waals surface area contributed by atoms with E-state index in [9.17, 15) is 9.90 Å². The predicted octanol–water partition coefficient (Wildman–Crippen LogP) is 3.24. The number of urea groups is 1. The van der Waals surface area contributed by atoms with Gasteiger partial charge < -0.3 is 15.7 Å². The molecule has 6 heteroatoms. The molecule has 1 aromatic heterocycles. The van der Waals surface area contributed by atoms with Crippen LogP contribution >= 0.6 is 22.9 Å². The van der Waals surface area contributed by atoms with Crippen LogP contribution in [0.25, 0.3) is 0 Å². The van der Waals surface area contributed by atoms with Crippen molar-refractivity contribution in [3.05, 3.63) is 56.7 Å². The molecule has 0 spiro atoms. The van der Waals surface area contributed by atoms with Crippen LogP contribution in [0.15, 0.2) is 35.7 Å². The molecule has 112 valence electrons. The van der Waals surface area contributed by atoms with Gasteiger partial charge in [0.25, 0.3) is 0 Å². The van der Waals surface area contributed by atoms with Crippen LogP contribution < -0.4 is 10.6 Å².